The van der Waals surface area contributed by atoms with Crippen molar-refractivity contribution in [2.24, 2.45) is 11.7 Å². The van der Waals surface area contributed by atoms with Gasteiger partial charge in [-0.05, 0) is 31.0 Å². The van der Waals surface area contributed by atoms with Crippen LogP contribution in [0.25, 0.3) is 0 Å². The van der Waals surface area contributed by atoms with Crippen LogP contribution in [0.4, 0.5) is 4.39 Å². The second-order valence-electron chi connectivity index (χ2n) is 4.41. The Hall–Kier alpha value is -1.42. The fourth-order valence-corrected chi connectivity index (χ4v) is 2.35. The number of nitrogens with two attached hydrogens (primary N) is 1. The van der Waals surface area contributed by atoms with Gasteiger partial charge in [0.15, 0.2) is 17.3 Å². The molecule has 92 valence electrons. The lowest BCUT2D eigenvalue weighted by molar-refractivity contribution is 0.0913. The molecule has 0 spiro atoms. The Morgan fingerprint density at radius 1 is 1.47 bits per heavy atom. The number of carbonyl (C=O) groups is 1. The average Bonchev–Trinajstić information content (AvgIpc) is 2.74. The summed E-state index contributed by atoms with van der Waals surface area (Å²) in [5.41, 5.74) is 6.25. The molecule has 3 nitrogen and oxygen atoms in total. The van der Waals surface area contributed by atoms with Gasteiger partial charge in [0.2, 0.25) is 0 Å². The second-order valence-corrected chi connectivity index (χ2v) is 4.41. The molecule has 2 unspecified atom stereocenters. The van der Waals surface area contributed by atoms with Gasteiger partial charge in [-0.25, -0.2) is 4.39 Å². The van der Waals surface area contributed by atoms with E-state index in [1.54, 1.807) is 6.07 Å². The van der Waals surface area contributed by atoms with Crippen LogP contribution in [0, 0.1) is 11.7 Å². The van der Waals surface area contributed by atoms with E-state index < -0.39 is 5.82 Å². The Kier molecular flexibility index (Phi) is 3.43. The molecule has 0 amide bonds. The minimum atomic E-state index is -0.509. The first kappa shape index (κ1) is 12.0. The van der Waals surface area contributed by atoms with Crippen molar-refractivity contribution in [3.8, 4) is 5.75 Å². The van der Waals surface area contributed by atoms with Crippen molar-refractivity contribution in [1.82, 2.24) is 0 Å². The van der Waals surface area contributed by atoms with Crippen molar-refractivity contribution in [1.29, 1.82) is 0 Å². The first-order chi connectivity index (χ1) is 8.13. The van der Waals surface area contributed by atoms with Crippen molar-refractivity contribution in [3.63, 3.8) is 0 Å². The standard InChI is InChI=1S/C13H16FNO2/c1-17-12-6-5-8(7-10(12)14)13(16)9-3-2-4-11(9)15/h5-7,9,11H,2-4,15H2,1H3. The van der Waals surface area contributed by atoms with Gasteiger partial charge in [-0.2, -0.15) is 0 Å². The number of Topliss-reactive ketones (excluding diaryl/α,β-unsaturated/α-hetero) is 1. The molecule has 0 aromatic heterocycles. The zero-order valence-electron chi connectivity index (χ0n) is 9.78. The monoisotopic (exact) mass is 237 g/mol. The molecule has 1 aliphatic rings. The maximum absolute atomic E-state index is 13.5. The van der Waals surface area contributed by atoms with Crippen LogP contribution in [0.15, 0.2) is 18.2 Å². The summed E-state index contributed by atoms with van der Waals surface area (Å²) in [6, 6.07) is 4.21. The van der Waals surface area contributed by atoms with E-state index in [1.165, 1.54) is 19.2 Å². The summed E-state index contributed by atoms with van der Waals surface area (Å²) in [4.78, 5) is 12.1. The molecule has 0 radical (unpaired) electrons. The van der Waals surface area contributed by atoms with Crippen molar-refractivity contribution in [3.05, 3.63) is 29.6 Å². The molecule has 2 atom stereocenters. The van der Waals surface area contributed by atoms with E-state index in [0.717, 1.165) is 19.3 Å². The van der Waals surface area contributed by atoms with E-state index in [4.69, 9.17) is 10.5 Å². The molecule has 1 fully saturated rings. The van der Waals surface area contributed by atoms with Gasteiger partial charge in [0, 0.05) is 17.5 Å². The number of methoxy groups -OCH3 is 1. The Balaban J connectivity index is 2.22. The number of halogens is 1. The molecule has 1 aromatic carbocycles. The Morgan fingerprint density at radius 2 is 2.24 bits per heavy atom. The zero-order chi connectivity index (χ0) is 12.4. The SMILES string of the molecule is COc1ccc(C(=O)C2CCCC2N)cc1F. The van der Waals surface area contributed by atoms with Crippen LogP contribution in [0.1, 0.15) is 29.6 Å². The lowest BCUT2D eigenvalue weighted by Gasteiger charge is -2.14. The van der Waals surface area contributed by atoms with Gasteiger partial charge in [0.1, 0.15) is 0 Å². The van der Waals surface area contributed by atoms with E-state index in [2.05, 4.69) is 0 Å². The van der Waals surface area contributed by atoms with Crippen LogP contribution in [0.2, 0.25) is 0 Å². The molecule has 2 N–H and O–H groups in total. The molecule has 1 saturated carbocycles. The number of benzene rings is 1. The summed E-state index contributed by atoms with van der Waals surface area (Å²) in [6.07, 6.45) is 2.64. The van der Waals surface area contributed by atoms with Gasteiger partial charge >= 0.3 is 0 Å². The quantitative estimate of drug-likeness (QED) is 0.819. The van der Waals surface area contributed by atoms with Crippen LogP contribution >= 0.6 is 0 Å². The van der Waals surface area contributed by atoms with Gasteiger partial charge < -0.3 is 10.5 Å². The largest absolute Gasteiger partial charge is 0.494 e. The minimum Gasteiger partial charge on any atom is -0.494 e. The summed E-state index contributed by atoms with van der Waals surface area (Å²) >= 11 is 0. The van der Waals surface area contributed by atoms with Gasteiger partial charge in [-0.3, -0.25) is 4.79 Å². The van der Waals surface area contributed by atoms with Crippen LogP contribution in [0.3, 0.4) is 0 Å². The second kappa shape index (κ2) is 4.84. The molecule has 17 heavy (non-hydrogen) atoms. The first-order valence-corrected chi connectivity index (χ1v) is 5.77. The maximum atomic E-state index is 13.5. The van der Waals surface area contributed by atoms with Crippen LogP contribution in [0.5, 0.6) is 5.75 Å². The molecule has 0 saturated heterocycles. The van der Waals surface area contributed by atoms with Crippen LogP contribution in [-0.2, 0) is 0 Å². The molecule has 1 aromatic rings. The highest BCUT2D eigenvalue weighted by Gasteiger charge is 2.31. The highest BCUT2D eigenvalue weighted by molar-refractivity contribution is 5.98. The van der Waals surface area contributed by atoms with Crippen LogP contribution < -0.4 is 10.5 Å². The van der Waals surface area contributed by atoms with Gasteiger partial charge in [0.25, 0.3) is 0 Å². The fourth-order valence-electron chi connectivity index (χ4n) is 2.35. The third-order valence-corrected chi connectivity index (χ3v) is 3.34. The smallest absolute Gasteiger partial charge is 0.167 e. The van der Waals surface area contributed by atoms with Crippen molar-refractivity contribution in [2.75, 3.05) is 7.11 Å². The number of hydrogen-bond donors (Lipinski definition) is 1. The number of carbonyl (C=O) groups excluding carboxylic acids is 1. The normalized spacial score (nSPS) is 23.7. The van der Waals surface area contributed by atoms with Gasteiger partial charge in [-0.15, -0.1) is 0 Å². The predicted octanol–water partition coefficient (Wildman–Crippen LogP) is 2.14. The van der Waals surface area contributed by atoms with Crippen molar-refractivity contribution >= 4 is 5.78 Å². The van der Waals surface area contributed by atoms with Crippen LogP contribution in [-0.4, -0.2) is 18.9 Å². The Bertz CT molecular complexity index is 433. The molecule has 0 aliphatic heterocycles. The summed E-state index contributed by atoms with van der Waals surface area (Å²) in [7, 11) is 1.40. The number of ketones is 1. The third kappa shape index (κ3) is 2.31. The first-order valence-electron chi connectivity index (χ1n) is 5.77. The minimum absolute atomic E-state index is 0.0587. The molecular formula is C13H16FNO2. The van der Waals surface area contributed by atoms with E-state index in [1.807, 2.05) is 0 Å². The maximum Gasteiger partial charge on any atom is 0.167 e. The molecule has 2 rings (SSSR count). The molecule has 4 heteroatoms. The lowest BCUT2D eigenvalue weighted by atomic mass is 9.93. The van der Waals surface area contributed by atoms with Gasteiger partial charge in [0.05, 0.1) is 7.11 Å². The Morgan fingerprint density at radius 3 is 2.76 bits per heavy atom. The number of ether oxygens (including phenoxy) is 1. The molecule has 0 heterocycles. The topological polar surface area (TPSA) is 52.3 Å². The lowest BCUT2D eigenvalue weighted by Crippen LogP contribution is -2.30. The number of rotatable bonds is 3. The van der Waals surface area contributed by atoms with Crippen molar-refractivity contribution < 1.29 is 13.9 Å². The van der Waals surface area contributed by atoms with E-state index >= 15 is 0 Å². The van der Waals surface area contributed by atoms with E-state index in [-0.39, 0.29) is 23.5 Å². The fraction of sp³-hybridized carbons (Fsp3) is 0.462. The summed E-state index contributed by atoms with van der Waals surface area (Å²) in [6.45, 7) is 0. The summed E-state index contributed by atoms with van der Waals surface area (Å²) < 4.78 is 18.3. The zero-order valence-corrected chi connectivity index (χ0v) is 9.78. The predicted molar refractivity (Wildman–Crippen MR) is 62.6 cm³/mol. The van der Waals surface area contributed by atoms with Crippen molar-refractivity contribution in [2.45, 2.75) is 25.3 Å². The molecular weight excluding hydrogens is 221 g/mol. The highest BCUT2D eigenvalue weighted by atomic mass is 19.1. The van der Waals surface area contributed by atoms with E-state index in [9.17, 15) is 9.18 Å². The highest BCUT2D eigenvalue weighted by Crippen LogP contribution is 2.28. The number of hydrogen-bond acceptors (Lipinski definition) is 3. The average molecular weight is 237 g/mol. The Labute approximate surface area is 99.8 Å². The molecule has 0 bridgehead atoms. The third-order valence-electron chi connectivity index (χ3n) is 3.34. The summed E-state index contributed by atoms with van der Waals surface area (Å²) in [5, 5.41) is 0. The summed E-state index contributed by atoms with van der Waals surface area (Å²) in [5.74, 6) is -0.582. The van der Waals surface area contributed by atoms with E-state index in [0.29, 0.717) is 5.56 Å². The van der Waals surface area contributed by atoms with Gasteiger partial charge in [-0.1, -0.05) is 6.42 Å². The molecule has 1 aliphatic carbocycles.